The highest BCUT2D eigenvalue weighted by atomic mass is 32.1. The van der Waals surface area contributed by atoms with E-state index >= 15 is 0 Å². The number of benzene rings is 1. The molecule has 2 aromatic heterocycles. The molecule has 2 amide bonds. The van der Waals surface area contributed by atoms with Gasteiger partial charge in [-0.05, 0) is 40.6 Å². The number of thiophene rings is 1. The molecule has 4 rings (SSSR count). The molecule has 3 heterocycles. The molecule has 1 aliphatic rings. The lowest BCUT2D eigenvalue weighted by molar-refractivity contribution is -0.139. The Kier molecular flexibility index (Phi) is 6.51. The van der Waals surface area contributed by atoms with Crippen LogP contribution in [0, 0.1) is 0 Å². The molecule has 0 spiro atoms. The number of amides is 2. The van der Waals surface area contributed by atoms with Crippen LogP contribution in [0.5, 0.6) is 0 Å². The van der Waals surface area contributed by atoms with Crippen molar-refractivity contribution in [1.29, 1.82) is 0 Å². The average Bonchev–Trinajstić information content (AvgIpc) is 3.32. The summed E-state index contributed by atoms with van der Waals surface area (Å²) in [5, 5.41) is 7.43. The van der Waals surface area contributed by atoms with E-state index in [4.69, 9.17) is 0 Å². The van der Waals surface area contributed by atoms with Crippen molar-refractivity contribution in [3.63, 3.8) is 0 Å². The van der Waals surface area contributed by atoms with Crippen LogP contribution in [0.4, 0.5) is 0 Å². The normalized spacial score (nSPS) is 14.5. The lowest BCUT2D eigenvalue weighted by Gasteiger charge is -2.35. The van der Waals surface area contributed by atoms with E-state index in [2.05, 4.69) is 44.8 Å². The zero-order chi connectivity index (χ0) is 20.8. The Morgan fingerprint density at radius 1 is 1.03 bits per heavy atom. The van der Waals surface area contributed by atoms with Gasteiger partial charge in [0.05, 0.1) is 12.6 Å². The second-order valence-electron chi connectivity index (χ2n) is 7.26. The minimum absolute atomic E-state index is 0.0545. The van der Waals surface area contributed by atoms with E-state index < -0.39 is 11.8 Å². The van der Waals surface area contributed by atoms with Crippen LogP contribution in [0.3, 0.4) is 0 Å². The molecule has 3 aromatic rings. The van der Waals surface area contributed by atoms with E-state index in [1.807, 2.05) is 35.8 Å². The summed E-state index contributed by atoms with van der Waals surface area (Å²) in [6.45, 7) is 2.39. The van der Waals surface area contributed by atoms with Crippen molar-refractivity contribution >= 4 is 23.2 Å². The van der Waals surface area contributed by atoms with Crippen LogP contribution in [-0.4, -0.2) is 34.8 Å². The topological polar surface area (TPSA) is 74.3 Å². The van der Waals surface area contributed by atoms with Gasteiger partial charge in [0.1, 0.15) is 0 Å². The molecule has 1 aromatic carbocycles. The summed E-state index contributed by atoms with van der Waals surface area (Å²) in [4.78, 5) is 32.1. The van der Waals surface area contributed by atoms with E-state index in [-0.39, 0.29) is 6.04 Å². The number of nitrogens with zero attached hydrogens (tertiary/aromatic N) is 2. The number of rotatable bonds is 6. The highest BCUT2D eigenvalue weighted by Gasteiger charge is 2.26. The molecule has 154 valence electrons. The Balaban J connectivity index is 1.41. The van der Waals surface area contributed by atoms with Crippen molar-refractivity contribution in [2.45, 2.75) is 25.6 Å². The quantitative estimate of drug-likeness (QED) is 0.602. The van der Waals surface area contributed by atoms with Crippen LogP contribution in [0.25, 0.3) is 0 Å². The molecule has 2 N–H and O–H groups in total. The number of hydrogen-bond acceptors (Lipinski definition) is 5. The SMILES string of the molecule is O=C(NCc1cccs1)C(=O)NC[C@H](c1cccnc1)N1CCc2ccccc2C1. The second kappa shape index (κ2) is 9.65. The number of pyridine rings is 1. The maximum Gasteiger partial charge on any atom is 0.309 e. The number of aromatic nitrogens is 1. The highest BCUT2D eigenvalue weighted by molar-refractivity contribution is 7.09. The standard InChI is InChI=1S/C23H24N4O2S/c28-22(25-14-20-8-4-12-30-20)23(29)26-15-21(18-7-3-10-24-13-18)27-11-9-17-5-1-2-6-19(17)16-27/h1-8,10,12-13,21H,9,11,14-16H2,(H,25,28)(H,26,29)/t21-/m1/s1. The van der Waals surface area contributed by atoms with Gasteiger partial charge in [-0.1, -0.05) is 36.4 Å². The molecule has 0 saturated carbocycles. The molecule has 0 radical (unpaired) electrons. The number of nitrogens with one attached hydrogen (secondary N) is 2. The Morgan fingerprint density at radius 3 is 2.63 bits per heavy atom. The van der Waals surface area contributed by atoms with Crippen molar-refractivity contribution in [1.82, 2.24) is 20.5 Å². The second-order valence-corrected chi connectivity index (χ2v) is 8.30. The molecule has 1 aliphatic heterocycles. The van der Waals surface area contributed by atoms with Crippen LogP contribution in [0.2, 0.25) is 0 Å². The molecule has 0 bridgehead atoms. The molecular formula is C23H24N4O2S. The maximum absolute atomic E-state index is 12.4. The lowest BCUT2D eigenvalue weighted by atomic mass is 9.97. The average molecular weight is 421 g/mol. The summed E-state index contributed by atoms with van der Waals surface area (Å²) >= 11 is 1.55. The number of fused-ring (bicyclic) bond motifs is 1. The number of carbonyl (C=O) groups excluding carboxylic acids is 2. The molecule has 0 unspecified atom stereocenters. The van der Waals surface area contributed by atoms with Gasteiger partial charge in [-0.25, -0.2) is 0 Å². The summed E-state index contributed by atoms with van der Waals surface area (Å²) in [6, 6.07) is 16.2. The van der Waals surface area contributed by atoms with E-state index in [0.29, 0.717) is 13.1 Å². The fourth-order valence-corrected chi connectivity index (χ4v) is 4.39. The smallest absolute Gasteiger partial charge is 0.309 e. The van der Waals surface area contributed by atoms with E-state index in [1.165, 1.54) is 11.1 Å². The molecule has 0 fully saturated rings. The molecule has 0 saturated heterocycles. The van der Waals surface area contributed by atoms with Gasteiger partial charge in [-0.15, -0.1) is 11.3 Å². The highest BCUT2D eigenvalue weighted by Crippen LogP contribution is 2.27. The van der Waals surface area contributed by atoms with Crippen molar-refractivity contribution in [3.8, 4) is 0 Å². The molecular weight excluding hydrogens is 396 g/mol. The van der Waals surface area contributed by atoms with Crippen LogP contribution in [0.15, 0.2) is 66.3 Å². The Morgan fingerprint density at radius 2 is 1.87 bits per heavy atom. The lowest BCUT2D eigenvalue weighted by Crippen LogP contribution is -2.45. The predicted molar refractivity (Wildman–Crippen MR) is 117 cm³/mol. The van der Waals surface area contributed by atoms with Crippen molar-refractivity contribution in [3.05, 3.63) is 87.9 Å². The van der Waals surface area contributed by atoms with Gasteiger partial charge in [-0.2, -0.15) is 0 Å². The van der Waals surface area contributed by atoms with Gasteiger partial charge in [0.2, 0.25) is 0 Å². The summed E-state index contributed by atoms with van der Waals surface area (Å²) in [7, 11) is 0. The number of hydrogen-bond donors (Lipinski definition) is 2. The van der Waals surface area contributed by atoms with Gasteiger partial charge in [0.15, 0.2) is 0 Å². The van der Waals surface area contributed by atoms with Crippen LogP contribution >= 0.6 is 11.3 Å². The monoisotopic (exact) mass is 420 g/mol. The third-order valence-electron chi connectivity index (χ3n) is 5.34. The van der Waals surface area contributed by atoms with Gasteiger partial charge in [-0.3, -0.25) is 19.5 Å². The van der Waals surface area contributed by atoms with Crippen LogP contribution in [0.1, 0.15) is 27.6 Å². The van der Waals surface area contributed by atoms with E-state index in [1.54, 1.807) is 17.5 Å². The first-order chi connectivity index (χ1) is 14.7. The van der Waals surface area contributed by atoms with Gasteiger partial charge >= 0.3 is 11.8 Å². The molecule has 0 aliphatic carbocycles. The fraction of sp³-hybridized carbons (Fsp3) is 0.261. The van der Waals surface area contributed by atoms with Gasteiger partial charge in [0, 0.05) is 36.9 Å². The van der Waals surface area contributed by atoms with Crippen LogP contribution < -0.4 is 10.6 Å². The van der Waals surface area contributed by atoms with E-state index in [9.17, 15) is 9.59 Å². The first kappa shape index (κ1) is 20.3. The van der Waals surface area contributed by atoms with Gasteiger partial charge < -0.3 is 10.6 Å². The predicted octanol–water partition coefficient (Wildman–Crippen LogP) is 2.68. The van der Waals surface area contributed by atoms with Crippen molar-refractivity contribution in [2.24, 2.45) is 0 Å². The van der Waals surface area contributed by atoms with Crippen molar-refractivity contribution < 1.29 is 9.59 Å². The van der Waals surface area contributed by atoms with Crippen molar-refractivity contribution in [2.75, 3.05) is 13.1 Å². The number of carbonyl (C=O) groups is 2. The Hall–Kier alpha value is -3.03. The first-order valence-corrected chi connectivity index (χ1v) is 10.9. The summed E-state index contributed by atoms with van der Waals surface area (Å²) in [6.07, 6.45) is 4.53. The van der Waals surface area contributed by atoms with Gasteiger partial charge in [0.25, 0.3) is 0 Å². The molecule has 30 heavy (non-hydrogen) atoms. The zero-order valence-electron chi connectivity index (χ0n) is 16.6. The maximum atomic E-state index is 12.4. The third-order valence-corrected chi connectivity index (χ3v) is 6.21. The molecule has 6 nitrogen and oxygen atoms in total. The zero-order valence-corrected chi connectivity index (χ0v) is 17.4. The summed E-state index contributed by atoms with van der Waals surface area (Å²) in [5.41, 5.74) is 3.70. The summed E-state index contributed by atoms with van der Waals surface area (Å²) < 4.78 is 0. The molecule has 7 heteroatoms. The minimum atomic E-state index is -0.614. The van der Waals surface area contributed by atoms with Crippen LogP contribution in [-0.2, 0) is 29.1 Å². The largest absolute Gasteiger partial charge is 0.346 e. The van der Waals surface area contributed by atoms with E-state index in [0.717, 1.165) is 30.0 Å². The summed E-state index contributed by atoms with van der Waals surface area (Å²) in [5.74, 6) is -1.23. The Bertz CT molecular complexity index is 991. The fourth-order valence-electron chi connectivity index (χ4n) is 3.74. The first-order valence-electron chi connectivity index (χ1n) is 10.00. The third kappa shape index (κ3) is 4.93. The molecule has 1 atom stereocenters. The minimum Gasteiger partial charge on any atom is -0.346 e. The Labute approximate surface area is 180 Å².